The van der Waals surface area contributed by atoms with Crippen LogP contribution in [-0.2, 0) is 0 Å². The van der Waals surface area contributed by atoms with E-state index in [1.54, 1.807) is 44.6 Å². The fraction of sp³-hybridized carbons (Fsp3) is 0.316. The van der Waals surface area contributed by atoms with E-state index in [1.165, 1.54) is 12.1 Å². The topological polar surface area (TPSA) is 72.1 Å². The molecule has 0 heterocycles. The van der Waals surface area contributed by atoms with Crippen LogP contribution in [0.1, 0.15) is 11.6 Å². The van der Waals surface area contributed by atoms with Gasteiger partial charge in [-0.2, -0.15) is 0 Å². The Morgan fingerprint density at radius 1 is 1.15 bits per heavy atom. The number of hydrogen-bond acceptors (Lipinski definition) is 4. The molecule has 0 saturated heterocycles. The van der Waals surface area contributed by atoms with Crippen LogP contribution in [0.25, 0.3) is 0 Å². The van der Waals surface area contributed by atoms with Crippen LogP contribution in [0.2, 0.25) is 0 Å². The minimum absolute atomic E-state index is 0.0249. The molecular formula is C19H25FN4O2. The molecular weight excluding hydrogens is 335 g/mol. The molecule has 140 valence electrons. The Balaban J connectivity index is 2.14. The van der Waals surface area contributed by atoms with E-state index in [0.29, 0.717) is 23.7 Å². The number of rotatable bonds is 7. The molecule has 7 heteroatoms. The first kappa shape index (κ1) is 19.5. The van der Waals surface area contributed by atoms with Crippen molar-refractivity contribution in [2.45, 2.75) is 6.04 Å². The molecule has 0 bridgehead atoms. The third-order valence-corrected chi connectivity index (χ3v) is 3.98. The van der Waals surface area contributed by atoms with Crippen molar-refractivity contribution in [3.63, 3.8) is 0 Å². The number of nitrogens with one attached hydrogen (secondary N) is 1. The van der Waals surface area contributed by atoms with E-state index in [9.17, 15) is 4.39 Å². The number of benzene rings is 2. The van der Waals surface area contributed by atoms with Crippen LogP contribution < -0.4 is 20.5 Å². The van der Waals surface area contributed by atoms with Gasteiger partial charge in [0.2, 0.25) is 0 Å². The van der Waals surface area contributed by atoms with Gasteiger partial charge in [-0.05, 0) is 43.9 Å². The monoisotopic (exact) mass is 360 g/mol. The normalized spacial score (nSPS) is 12.8. The fourth-order valence-corrected chi connectivity index (χ4v) is 2.53. The second-order valence-corrected chi connectivity index (χ2v) is 5.95. The van der Waals surface area contributed by atoms with Crippen LogP contribution in [0.5, 0.6) is 11.5 Å². The SMILES string of the molecule is COc1ccc(OC)c(NC(N)=NCC(c2ccc(F)cc2)N(C)C)c1. The molecule has 2 rings (SSSR count). The number of likely N-dealkylation sites (N-methyl/N-ethyl adjacent to an activating group) is 1. The summed E-state index contributed by atoms with van der Waals surface area (Å²) in [7, 11) is 7.06. The van der Waals surface area contributed by atoms with Crippen molar-refractivity contribution in [1.29, 1.82) is 0 Å². The van der Waals surface area contributed by atoms with Crippen LogP contribution in [0, 0.1) is 5.82 Å². The lowest BCUT2D eigenvalue weighted by molar-refractivity contribution is 0.306. The average molecular weight is 360 g/mol. The Kier molecular flexibility index (Phi) is 6.80. The van der Waals surface area contributed by atoms with Gasteiger partial charge in [0.25, 0.3) is 0 Å². The third-order valence-electron chi connectivity index (χ3n) is 3.98. The first-order valence-corrected chi connectivity index (χ1v) is 8.15. The summed E-state index contributed by atoms with van der Waals surface area (Å²) in [6.07, 6.45) is 0. The standard InChI is InChI=1S/C19H25FN4O2/c1-24(2)17(13-5-7-14(20)8-6-13)12-22-19(21)23-16-11-15(25-3)9-10-18(16)26-4/h5-11,17H,12H2,1-4H3,(H3,21,22,23). The minimum atomic E-state index is -0.263. The predicted octanol–water partition coefficient (Wildman–Crippen LogP) is 2.87. The zero-order valence-electron chi connectivity index (χ0n) is 15.5. The lowest BCUT2D eigenvalue weighted by atomic mass is 10.1. The number of hydrogen-bond donors (Lipinski definition) is 2. The van der Waals surface area contributed by atoms with Crippen LogP contribution >= 0.6 is 0 Å². The molecule has 0 radical (unpaired) electrons. The quantitative estimate of drug-likeness (QED) is 0.587. The Bertz CT molecular complexity index is 748. The molecule has 0 aliphatic rings. The van der Waals surface area contributed by atoms with Gasteiger partial charge < -0.3 is 25.4 Å². The number of anilines is 1. The summed E-state index contributed by atoms with van der Waals surface area (Å²) in [5.41, 5.74) is 7.66. The van der Waals surface area contributed by atoms with Crippen LogP contribution in [0.3, 0.4) is 0 Å². The molecule has 3 N–H and O–H groups in total. The zero-order valence-corrected chi connectivity index (χ0v) is 15.5. The molecule has 1 atom stereocenters. The van der Waals surface area contributed by atoms with Gasteiger partial charge in [-0.3, -0.25) is 4.99 Å². The maximum atomic E-state index is 13.1. The number of methoxy groups -OCH3 is 2. The summed E-state index contributed by atoms with van der Waals surface area (Å²) < 4.78 is 23.7. The molecule has 26 heavy (non-hydrogen) atoms. The number of ether oxygens (including phenoxy) is 2. The van der Waals surface area contributed by atoms with E-state index in [1.807, 2.05) is 19.0 Å². The minimum Gasteiger partial charge on any atom is -0.497 e. The van der Waals surface area contributed by atoms with E-state index in [-0.39, 0.29) is 17.8 Å². The highest BCUT2D eigenvalue weighted by Crippen LogP contribution is 2.28. The second kappa shape index (κ2) is 9.05. The first-order valence-electron chi connectivity index (χ1n) is 8.15. The highest BCUT2D eigenvalue weighted by Gasteiger charge is 2.14. The molecule has 0 saturated carbocycles. The lowest BCUT2D eigenvalue weighted by Crippen LogP contribution is -2.27. The molecule has 0 amide bonds. The molecule has 0 aromatic heterocycles. The Hall–Kier alpha value is -2.80. The van der Waals surface area contributed by atoms with Crippen molar-refractivity contribution in [1.82, 2.24) is 4.90 Å². The Labute approximate surface area is 153 Å². The zero-order chi connectivity index (χ0) is 19.1. The maximum absolute atomic E-state index is 13.1. The number of halogens is 1. The smallest absolute Gasteiger partial charge is 0.193 e. The highest BCUT2D eigenvalue weighted by molar-refractivity contribution is 5.94. The number of aliphatic imine (C=N–C) groups is 1. The van der Waals surface area contributed by atoms with Crippen molar-refractivity contribution < 1.29 is 13.9 Å². The lowest BCUT2D eigenvalue weighted by Gasteiger charge is -2.23. The molecule has 2 aromatic rings. The predicted molar refractivity (Wildman–Crippen MR) is 102 cm³/mol. The van der Waals surface area contributed by atoms with Crippen molar-refractivity contribution >= 4 is 11.6 Å². The largest absolute Gasteiger partial charge is 0.497 e. The fourth-order valence-electron chi connectivity index (χ4n) is 2.53. The number of nitrogens with two attached hydrogens (primary N) is 1. The molecule has 2 aromatic carbocycles. The van der Waals surface area contributed by atoms with Crippen LogP contribution in [-0.4, -0.2) is 45.7 Å². The van der Waals surface area contributed by atoms with E-state index < -0.39 is 0 Å². The molecule has 6 nitrogen and oxygen atoms in total. The van der Waals surface area contributed by atoms with E-state index in [2.05, 4.69) is 10.3 Å². The molecule has 0 spiro atoms. The van der Waals surface area contributed by atoms with Gasteiger partial charge in [0.05, 0.1) is 32.5 Å². The van der Waals surface area contributed by atoms with E-state index in [4.69, 9.17) is 15.2 Å². The van der Waals surface area contributed by atoms with Crippen molar-refractivity contribution in [2.75, 3.05) is 40.2 Å². The third kappa shape index (κ3) is 5.10. The van der Waals surface area contributed by atoms with Gasteiger partial charge in [0, 0.05) is 6.07 Å². The first-order chi connectivity index (χ1) is 12.4. The van der Waals surface area contributed by atoms with E-state index >= 15 is 0 Å². The summed E-state index contributed by atoms with van der Waals surface area (Å²) >= 11 is 0. The second-order valence-electron chi connectivity index (χ2n) is 5.95. The molecule has 1 unspecified atom stereocenters. The van der Waals surface area contributed by atoms with Gasteiger partial charge in [-0.15, -0.1) is 0 Å². The van der Waals surface area contributed by atoms with Gasteiger partial charge >= 0.3 is 0 Å². The maximum Gasteiger partial charge on any atom is 0.193 e. The highest BCUT2D eigenvalue weighted by atomic mass is 19.1. The van der Waals surface area contributed by atoms with Gasteiger partial charge in [-0.25, -0.2) is 4.39 Å². The summed E-state index contributed by atoms with van der Waals surface area (Å²) in [6, 6.07) is 11.7. The average Bonchev–Trinajstić information content (AvgIpc) is 2.63. The molecule has 0 aliphatic heterocycles. The van der Waals surface area contributed by atoms with Crippen LogP contribution in [0.15, 0.2) is 47.5 Å². The van der Waals surface area contributed by atoms with Gasteiger partial charge in [-0.1, -0.05) is 12.1 Å². The van der Waals surface area contributed by atoms with Crippen molar-refractivity contribution in [2.24, 2.45) is 10.7 Å². The Morgan fingerprint density at radius 3 is 2.42 bits per heavy atom. The summed E-state index contributed by atoms with van der Waals surface area (Å²) in [4.78, 5) is 6.43. The van der Waals surface area contributed by atoms with Gasteiger partial charge in [0.15, 0.2) is 5.96 Å². The summed E-state index contributed by atoms with van der Waals surface area (Å²) in [6.45, 7) is 0.420. The van der Waals surface area contributed by atoms with Crippen molar-refractivity contribution in [3.05, 3.63) is 53.8 Å². The molecule has 0 aliphatic carbocycles. The van der Waals surface area contributed by atoms with E-state index in [0.717, 1.165) is 5.56 Å². The van der Waals surface area contributed by atoms with Gasteiger partial charge in [0.1, 0.15) is 17.3 Å². The Morgan fingerprint density at radius 2 is 1.85 bits per heavy atom. The summed E-state index contributed by atoms with van der Waals surface area (Å²) in [5.74, 6) is 1.30. The van der Waals surface area contributed by atoms with Crippen molar-refractivity contribution in [3.8, 4) is 11.5 Å². The number of nitrogens with zero attached hydrogens (tertiary/aromatic N) is 2. The summed E-state index contributed by atoms with van der Waals surface area (Å²) in [5, 5.41) is 3.04. The number of guanidine groups is 1. The van der Waals surface area contributed by atoms with Crippen LogP contribution in [0.4, 0.5) is 10.1 Å². The molecule has 0 fully saturated rings.